The fourth-order valence-electron chi connectivity index (χ4n) is 5.25. The van der Waals surface area contributed by atoms with E-state index < -0.39 is 11.6 Å². The fraction of sp³-hybridized carbons (Fsp3) is 0.483. The second-order valence-electron chi connectivity index (χ2n) is 9.58. The van der Waals surface area contributed by atoms with Crippen molar-refractivity contribution in [3.63, 3.8) is 0 Å². The van der Waals surface area contributed by atoms with E-state index in [2.05, 4.69) is 40.8 Å². The first-order valence-electron chi connectivity index (χ1n) is 12.7. The zero-order chi connectivity index (χ0) is 23.8. The van der Waals surface area contributed by atoms with Crippen LogP contribution in [0, 0.1) is 5.92 Å². The second-order valence-corrected chi connectivity index (χ2v) is 9.58. The number of hydrogen-bond acceptors (Lipinski definition) is 4. The molecule has 0 spiro atoms. The van der Waals surface area contributed by atoms with Crippen LogP contribution < -0.4 is 12.4 Å². The van der Waals surface area contributed by atoms with Crippen molar-refractivity contribution >= 4 is 17.9 Å². The molecule has 1 aliphatic heterocycles. The first kappa shape index (κ1) is 27.1. The number of halogens is 1. The van der Waals surface area contributed by atoms with Crippen LogP contribution in [0.5, 0.6) is 0 Å². The highest BCUT2D eigenvalue weighted by atomic mass is 35.5. The molecule has 2 aliphatic rings. The largest absolute Gasteiger partial charge is 1.00 e. The van der Waals surface area contributed by atoms with Gasteiger partial charge in [-0.3, -0.25) is 0 Å². The Hall–Kier alpha value is -2.50. The number of carbonyl (C=O) groups is 1. The minimum atomic E-state index is -1.58. The SMILES string of the molecule is CC1N=CC(CCCOC(=O)C(O)(c2ccccc2)C2CCCCCC2)=[N+]1Cc1ccccc1.[Cl-]. The van der Waals surface area contributed by atoms with E-state index in [1.54, 1.807) is 0 Å². The Labute approximate surface area is 215 Å². The molecule has 0 aromatic heterocycles. The molecule has 1 fully saturated rings. The Morgan fingerprint density at radius 1 is 1.03 bits per heavy atom. The Kier molecular flexibility index (Phi) is 10.1. The van der Waals surface area contributed by atoms with Crippen LogP contribution in [0.15, 0.2) is 65.7 Å². The maximum absolute atomic E-state index is 13.3. The quantitative estimate of drug-likeness (QED) is 0.251. The summed E-state index contributed by atoms with van der Waals surface area (Å²) in [7, 11) is 0. The zero-order valence-electron chi connectivity index (χ0n) is 20.6. The van der Waals surface area contributed by atoms with Gasteiger partial charge in [-0.05, 0) is 24.8 Å². The van der Waals surface area contributed by atoms with Crippen LogP contribution >= 0.6 is 0 Å². The van der Waals surface area contributed by atoms with Gasteiger partial charge in [0.1, 0.15) is 0 Å². The van der Waals surface area contributed by atoms with E-state index in [9.17, 15) is 9.90 Å². The molecule has 188 valence electrons. The van der Waals surface area contributed by atoms with E-state index >= 15 is 0 Å². The summed E-state index contributed by atoms with van der Waals surface area (Å²) in [4.78, 5) is 17.9. The number of nitrogens with zero attached hydrogens (tertiary/aromatic N) is 2. The van der Waals surface area contributed by atoms with Gasteiger partial charge in [-0.25, -0.2) is 14.4 Å². The van der Waals surface area contributed by atoms with Crippen LogP contribution in [-0.4, -0.2) is 40.4 Å². The minimum absolute atomic E-state index is 0. The molecule has 2 unspecified atom stereocenters. The van der Waals surface area contributed by atoms with Crippen molar-refractivity contribution in [1.82, 2.24) is 0 Å². The first-order chi connectivity index (χ1) is 16.6. The second kappa shape index (κ2) is 13.0. The number of carbonyl (C=O) groups excluding carboxylic acids is 1. The molecule has 5 nitrogen and oxygen atoms in total. The highest BCUT2D eigenvalue weighted by Gasteiger charge is 2.46. The summed E-state index contributed by atoms with van der Waals surface area (Å²) in [6.45, 7) is 3.19. The van der Waals surface area contributed by atoms with Gasteiger partial charge in [-0.2, -0.15) is 0 Å². The normalized spacial score (nSPS) is 20.1. The standard InChI is InChI=1S/C29H37N2O3.ClH/c1-23-30-21-27(31(23)22-24-13-6-4-7-14-24)19-12-20-34-28(32)29(33,26-17-10-5-11-18-26)25-15-8-2-3-9-16-25;/h4-7,10-11,13-14,17-18,21,23,25,33H,2-3,8-9,12,15-16,19-20,22H2,1H3;1H/q+1;/p-1. The molecule has 2 aromatic carbocycles. The van der Waals surface area contributed by atoms with E-state index in [0.29, 0.717) is 12.0 Å². The molecular weight excluding hydrogens is 460 g/mol. The Balaban J connectivity index is 0.00000342. The van der Waals surface area contributed by atoms with Gasteiger partial charge in [-0.15, -0.1) is 0 Å². The molecule has 0 radical (unpaired) electrons. The highest BCUT2D eigenvalue weighted by molar-refractivity contribution is 6.28. The average Bonchev–Trinajstić information content (AvgIpc) is 3.06. The molecule has 0 saturated heterocycles. The average molecular weight is 497 g/mol. The summed E-state index contributed by atoms with van der Waals surface area (Å²) < 4.78 is 8.03. The lowest BCUT2D eigenvalue weighted by Gasteiger charge is -2.34. The van der Waals surface area contributed by atoms with Crippen molar-refractivity contribution in [1.29, 1.82) is 0 Å². The number of aliphatic hydroxyl groups is 1. The van der Waals surface area contributed by atoms with Crippen LogP contribution in [0.2, 0.25) is 0 Å². The number of rotatable bonds is 9. The van der Waals surface area contributed by atoms with Gasteiger partial charge in [-0.1, -0.05) is 86.3 Å². The topological polar surface area (TPSA) is 61.9 Å². The first-order valence-corrected chi connectivity index (χ1v) is 12.7. The van der Waals surface area contributed by atoms with Gasteiger partial charge in [0.25, 0.3) is 0 Å². The number of esters is 1. The van der Waals surface area contributed by atoms with Crippen molar-refractivity contribution in [3.8, 4) is 0 Å². The predicted octanol–water partition coefficient (Wildman–Crippen LogP) is 2.26. The Morgan fingerprint density at radius 2 is 1.66 bits per heavy atom. The summed E-state index contributed by atoms with van der Waals surface area (Å²) in [5, 5.41) is 11.7. The van der Waals surface area contributed by atoms with Crippen LogP contribution in [0.25, 0.3) is 0 Å². The molecular formula is C29H37ClN2O3. The molecule has 2 aromatic rings. The lowest BCUT2D eigenvalue weighted by molar-refractivity contribution is -0.572. The van der Waals surface area contributed by atoms with Crippen molar-refractivity contribution in [3.05, 3.63) is 71.8 Å². The Morgan fingerprint density at radius 3 is 2.31 bits per heavy atom. The number of ether oxygens (including phenoxy) is 1. The van der Waals surface area contributed by atoms with Crippen LogP contribution in [-0.2, 0) is 21.7 Å². The van der Waals surface area contributed by atoms with Crippen LogP contribution in [0.1, 0.15) is 69.4 Å². The van der Waals surface area contributed by atoms with E-state index in [-0.39, 0.29) is 31.1 Å². The summed E-state index contributed by atoms with van der Waals surface area (Å²) in [5.74, 6) is -0.617. The third-order valence-corrected chi connectivity index (χ3v) is 7.24. The van der Waals surface area contributed by atoms with Gasteiger partial charge in [0, 0.05) is 24.8 Å². The maximum Gasteiger partial charge on any atom is 0.343 e. The van der Waals surface area contributed by atoms with E-state index in [0.717, 1.165) is 57.2 Å². The van der Waals surface area contributed by atoms with E-state index in [4.69, 9.17) is 4.74 Å². The third kappa shape index (κ3) is 6.59. The summed E-state index contributed by atoms with van der Waals surface area (Å²) in [6.07, 6.45) is 9.63. The highest BCUT2D eigenvalue weighted by Crippen LogP contribution is 2.39. The molecule has 2 atom stereocenters. The zero-order valence-corrected chi connectivity index (χ0v) is 21.4. The predicted molar refractivity (Wildman–Crippen MR) is 135 cm³/mol. The van der Waals surface area contributed by atoms with Crippen molar-refractivity contribution < 1.29 is 31.6 Å². The van der Waals surface area contributed by atoms with Gasteiger partial charge in [0.15, 0.2) is 17.9 Å². The fourth-order valence-corrected chi connectivity index (χ4v) is 5.25. The monoisotopic (exact) mass is 496 g/mol. The molecule has 6 heteroatoms. The lowest BCUT2D eigenvalue weighted by Crippen LogP contribution is -3.00. The van der Waals surface area contributed by atoms with Crippen molar-refractivity contribution in [2.45, 2.75) is 76.6 Å². The minimum Gasteiger partial charge on any atom is -1.00 e. The molecule has 0 bridgehead atoms. The van der Waals surface area contributed by atoms with Crippen molar-refractivity contribution in [2.24, 2.45) is 10.9 Å². The van der Waals surface area contributed by atoms with Crippen molar-refractivity contribution in [2.75, 3.05) is 6.61 Å². The summed E-state index contributed by atoms with van der Waals surface area (Å²) in [6, 6.07) is 19.7. The molecule has 0 amide bonds. The van der Waals surface area contributed by atoms with Gasteiger partial charge < -0.3 is 22.3 Å². The number of aliphatic imine (C=N–C) groups is 1. The van der Waals surface area contributed by atoms with Crippen LogP contribution in [0.4, 0.5) is 0 Å². The van der Waals surface area contributed by atoms with E-state index in [1.807, 2.05) is 42.6 Å². The molecule has 1 saturated carbocycles. The molecule has 35 heavy (non-hydrogen) atoms. The molecule has 1 aliphatic carbocycles. The van der Waals surface area contributed by atoms with Gasteiger partial charge in [0.05, 0.1) is 12.8 Å². The number of hydrogen-bond donors (Lipinski definition) is 1. The summed E-state index contributed by atoms with van der Waals surface area (Å²) in [5.41, 5.74) is 1.48. The van der Waals surface area contributed by atoms with E-state index in [1.165, 1.54) is 5.56 Å². The lowest BCUT2D eigenvalue weighted by atomic mass is 9.77. The molecule has 1 heterocycles. The molecule has 1 N–H and O–H groups in total. The van der Waals surface area contributed by atoms with Gasteiger partial charge >= 0.3 is 5.97 Å². The third-order valence-electron chi connectivity index (χ3n) is 7.24. The smallest absolute Gasteiger partial charge is 0.343 e. The number of benzene rings is 2. The molecule has 4 rings (SSSR count). The van der Waals surface area contributed by atoms with Crippen LogP contribution in [0.3, 0.4) is 0 Å². The van der Waals surface area contributed by atoms with Gasteiger partial charge in [0.2, 0.25) is 6.17 Å². The maximum atomic E-state index is 13.3. The Bertz CT molecular complexity index is 1000. The summed E-state index contributed by atoms with van der Waals surface area (Å²) >= 11 is 0.